The summed E-state index contributed by atoms with van der Waals surface area (Å²) in [5.74, 6) is 6.32. The molecule has 0 heterocycles. The van der Waals surface area contributed by atoms with Gasteiger partial charge in [0.15, 0.2) is 0 Å². The van der Waals surface area contributed by atoms with Gasteiger partial charge in [-0.1, -0.05) is 31.2 Å². The van der Waals surface area contributed by atoms with Crippen LogP contribution in [0, 0.1) is 5.92 Å². The van der Waals surface area contributed by atoms with Crippen LogP contribution >= 0.6 is 0 Å². The van der Waals surface area contributed by atoms with E-state index >= 15 is 0 Å². The van der Waals surface area contributed by atoms with Crippen molar-refractivity contribution >= 4 is 0 Å². The van der Waals surface area contributed by atoms with Gasteiger partial charge in [0.05, 0.1) is 0 Å². The van der Waals surface area contributed by atoms with E-state index in [4.69, 9.17) is 5.84 Å². The Balaban J connectivity index is 2.13. The first kappa shape index (κ1) is 9.69. The fourth-order valence-corrected chi connectivity index (χ4v) is 1.89. The summed E-state index contributed by atoms with van der Waals surface area (Å²) in [6.45, 7) is 2.18. The van der Waals surface area contributed by atoms with Crippen LogP contribution in [0.4, 0.5) is 0 Å². The molecule has 1 aliphatic rings. The number of hydrazine groups is 1. The number of aryl methyl sites for hydroxylation is 1. The van der Waals surface area contributed by atoms with Crippen molar-refractivity contribution in [3.8, 4) is 0 Å². The lowest BCUT2D eigenvalue weighted by Crippen LogP contribution is -2.29. The van der Waals surface area contributed by atoms with Crippen LogP contribution in [0.5, 0.6) is 0 Å². The SMILES string of the molecule is CCc1ccc(C(NN)C2CC2)cc1. The van der Waals surface area contributed by atoms with Crippen molar-refractivity contribution in [2.75, 3.05) is 0 Å². The van der Waals surface area contributed by atoms with Crippen molar-refractivity contribution in [2.24, 2.45) is 11.8 Å². The predicted molar refractivity (Wildman–Crippen MR) is 58.6 cm³/mol. The Morgan fingerprint density at radius 2 is 2.00 bits per heavy atom. The molecule has 76 valence electrons. The zero-order valence-electron chi connectivity index (χ0n) is 8.66. The third kappa shape index (κ3) is 1.97. The maximum absolute atomic E-state index is 5.57. The summed E-state index contributed by atoms with van der Waals surface area (Å²) in [4.78, 5) is 0. The van der Waals surface area contributed by atoms with E-state index in [1.807, 2.05) is 0 Å². The van der Waals surface area contributed by atoms with Crippen molar-refractivity contribution in [1.82, 2.24) is 5.43 Å². The van der Waals surface area contributed by atoms with E-state index in [0.717, 1.165) is 12.3 Å². The Labute approximate surface area is 85.5 Å². The van der Waals surface area contributed by atoms with Crippen molar-refractivity contribution < 1.29 is 0 Å². The number of nitrogens with two attached hydrogens (primary N) is 1. The average molecular weight is 190 g/mol. The maximum atomic E-state index is 5.57. The Hall–Kier alpha value is -0.860. The molecule has 1 atom stereocenters. The molecular formula is C12H18N2. The second kappa shape index (κ2) is 4.11. The summed E-state index contributed by atoms with van der Waals surface area (Å²) in [6, 6.07) is 9.15. The van der Waals surface area contributed by atoms with Crippen LogP contribution in [0.25, 0.3) is 0 Å². The normalized spacial score (nSPS) is 18.1. The number of rotatable bonds is 4. The highest BCUT2D eigenvalue weighted by Gasteiger charge is 2.31. The molecule has 0 aliphatic heterocycles. The van der Waals surface area contributed by atoms with Crippen LogP contribution in [0.2, 0.25) is 0 Å². The highest BCUT2D eigenvalue weighted by molar-refractivity contribution is 5.26. The van der Waals surface area contributed by atoms with Gasteiger partial charge in [0.1, 0.15) is 0 Å². The minimum absolute atomic E-state index is 0.362. The highest BCUT2D eigenvalue weighted by Crippen LogP contribution is 2.40. The molecule has 1 fully saturated rings. The number of hydrogen-bond donors (Lipinski definition) is 2. The molecule has 0 bridgehead atoms. The molecule has 0 aromatic heterocycles. The molecule has 1 saturated carbocycles. The molecule has 1 aromatic rings. The average Bonchev–Trinajstić information content (AvgIpc) is 3.04. The summed E-state index contributed by atoms with van der Waals surface area (Å²) < 4.78 is 0. The fraction of sp³-hybridized carbons (Fsp3) is 0.500. The summed E-state index contributed by atoms with van der Waals surface area (Å²) in [5, 5.41) is 0. The zero-order valence-corrected chi connectivity index (χ0v) is 8.66. The van der Waals surface area contributed by atoms with E-state index < -0.39 is 0 Å². The van der Waals surface area contributed by atoms with Crippen LogP contribution in [0.3, 0.4) is 0 Å². The Morgan fingerprint density at radius 1 is 1.36 bits per heavy atom. The predicted octanol–water partition coefficient (Wildman–Crippen LogP) is 2.16. The smallest absolute Gasteiger partial charge is 0.0488 e. The highest BCUT2D eigenvalue weighted by atomic mass is 15.2. The van der Waals surface area contributed by atoms with Gasteiger partial charge in [-0.05, 0) is 36.3 Å². The maximum Gasteiger partial charge on any atom is 0.0488 e. The fourth-order valence-electron chi connectivity index (χ4n) is 1.89. The molecule has 14 heavy (non-hydrogen) atoms. The van der Waals surface area contributed by atoms with E-state index in [1.54, 1.807) is 0 Å². The van der Waals surface area contributed by atoms with Gasteiger partial charge >= 0.3 is 0 Å². The molecule has 0 radical (unpaired) electrons. The molecular weight excluding hydrogens is 172 g/mol. The first-order chi connectivity index (χ1) is 6.85. The third-order valence-electron chi connectivity index (χ3n) is 3.02. The third-order valence-corrected chi connectivity index (χ3v) is 3.02. The van der Waals surface area contributed by atoms with Crippen LogP contribution in [0.15, 0.2) is 24.3 Å². The summed E-state index contributed by atoms with van der Waals surface area (Å²) in [7, 11) is 0. The standard InChI is InChI=1S/C12H18N2/c1-2-9-3-5-10(6-4-9)12(14-13)11-7-8-11/h3-6,11-12,14H,2,7-8,13H2,1H3. The van der Waals surface area contributed by atoms with Gasteiger partial charge in [0.25, 0.3) is 0 Å². The molecule has 0 spiro atoms. The van der Waals surface area contributed by atoms with E-state index in [2.05, 4.69) is 36.6 Å². The first-order valence-electron chi connectivity index (χ1n) is 5.40. The van der Waals surface area contributed by atoms with Crippen molar-refractivity contribution in [3.05, 3.63) is 35.4 Å². The van der Waals surface area contributed by atoms with Gasteiger partial charge in [-0.25, -0.2) is 0 Å². The lowest BCUT2D eigenvalue weighted by Gasteiger charge is -2.15. The Bertz CT molecular complexity index is 288. The second-order valence-electron chi connectivity index (χ2n) is 4.08. The topological polar surface area (TPSA) is 38.0 Å². The minimum atomic E-state index is 0.362. The largest absolute Gasteiger partial charge is 0.271 e. The molecule has 2 nitrogen and oxygen atoms in total. The van der Waals surface area contributed by atoms with E-state index in [-0.39, 0.29) is 0 Å². The van der Waals surface area contributed by atoms with Crippen molar-refractivity contribution in [3.63, 3.8) is 0 Å². The van der Waals surface area contributed by atoms with Crippen LogP contribution in [0.1, 0.15) is 36.9 Å². The number of nitrogens with one attached hydrogen (secondary N) is 1. The van der Waals surface area contributed by atoms with Crippen LogP contribution < -0.4 is 11.3 Å². The second-order valence-corrected chi connectivity index (χ2v) is 4.08. The minimum Gasteiger partial charge on any atom is -0.271 e. The molecule has 2 rings (SSSR count). The van der Waals surface area contributed by atoms with Gasteiger partial charge in [-0.15, -0.1) is 0 Å². The molecule has 0 saturated heterocycles. The summed E-state index contributed by atoms with van der Waals surface area (Å²) in [5.41, 5.74) is 5.63. The summed E-state index contributed by atoms with van der Waals surface area (Å²) >= 11 is 0. The van der Waals surface area contributed by atoms with Gasteiger partial charge in [0.2, 0.25) is 0 Å². The van der Waals surface area contributed by atoms with Crippen LogP contribution in [-0.4, -0.2) is 0 Å². The van der Waals surface area contributed by atoms with Crippen molar-refractivity contribution in [1.29, 1.82) is 0 Å². The summed E-state index contributed by atoms with van der Waals surface area (Å²) in [6.07, 6.45) is 3.72. The molecule has 1 aliphatic carbocycles. The lowest BCUT2D eigenvalue weighted by atomic mass is 10.0. The lowest BCUT2D eigenvalue weighted by molar-refractivity contribution is 0.496. The van der Waals surface area contributed by atoms with Gasteiger partial charge in [0, 0.05) is 6.04 Å². The molecule has 3 N–H and O–H groups in total. The van der Waals surface area contributed by atoms with E-state index in [0.29, 0.717) is 6.04 Å². The Morgan fingerprint density at radius 3 is 2.43 bits per heavy atom. The van der Waals surface area contributed by atoms with Crippen molar-refractivity contribution in [2.45, 2.75) is 32.2 Å². The van der Waals surface area contributed by atoms with E-state index in [9.17, 15) is 0 Å². The number of benzene rings is 1. The number of hydrogen-bond acceptors (Lipinski definition) is 2. The zero-order chi connectivity index (χ0) is 9.97. The monoisotopic (exact) mass is 190 g/mol. The first-order valence-corrected chi connectivity index (χ1v) is 5.40. The van der Waals surface area contributed by atoms with Gasteiger partial charge in [-0.3, -0.25) is 11.3 Å². The van der Waals surface area contributed by atoms with E-state index in [1.165, 1.54) is 24.0 Å². The van der Waals surface area contributed by atoms with Gasteiger partial charge in [-0.2, -0.15) is 0 Å². The van der Waals surface area contributed by atoms with Gasteiger partial charge < -0.3 is 0 Å². The molecule has 1 aromatic carbocycles. The molecule has 2 heteroatoms. The van der Waals surface area contributed by atoms with Crippen LogP contribution in [-0.2, 0) is 6.42 Å². The Kier molecular flexibility index (Phi) is 2.85. The molecule has 0 amide bonds. The molecule has 1 unspecified atom stereocenters. The quantitative estimate of drug-likeness (QED) is 0.564.